The molecule has 0 aliphatic carbocycles. The number of hydrogen-bond acceptors (Lipinski definition) is 2. The molecule has 0 atom stereocenters. The molecule has 0 bridgehead atoms. The summed E-state index contributed by atoms with van der Waals surface area (Å²) >= 11 is 0. The standard InChI is InChI=1S/C7H8N2O/c1-5-8-7-6(10-5)3-4-9(7)2/h3-4H,1-2H3. The van der Waals surface area contributed by atoms with Gasteiger partial charge in [-0.25, -0.2) is 0 Å². The smallest absolute Gasteiger partial charge is 0.193 e. The van der Waals surface area contributed by atoms with Crippen LogP contribution in [0.4, 0.5) is 0 Å². The summed E-state index contributed by atoms with van der Waals surface area (Å²) in [5, 5.41) is 0. The molecule has 0 unspecified atom stereocenters. The lowest BCUT2D eigenvalue weighted by Gasteiger charge is -1.84. The fourth-order valence-corrected chi connectivity index (χ4v) is 1.04. The number of fused-ring (bicyclic) bond motifs is 1. The van der Waals surface area contributed by atoms with Crippen LogP contribution >= 0.6 is 0 Å². The van der Waals surface area contributed by atoms with Crippen LogP contribution < -0.4 is 0 Å². The Morgan fingerprint density at radius 2 is 2.40 bits per heavy atom. The number of aromatic nitrogens is 2. The molecule has 10 heavy (non-hydrogen) atoms. The predicted molar refractivity (Wildman–Crippen MR) is 37.7 cm³/mol. The fraction of sp³-hybridized carbons (Fsp3) is 0.286. The third kappa shape index (κ3) is 0.572. The van der Waals surface area contributed by atoms with Gasteiger partial charge >= 0.3 is 0 Å². The number of aryl methyl sites for hydroxylation is 2. The lowest BCUT2D eigenvalue weighted by Crippen LogP contribution is -1.83. The number of nitrogens with zero attached hydrogens (tertiary/aromatic N) is 2. The topological polar surface area (TPSA) is 31.0 Å². The minimum absolute atomic E-state index is 0.723. The summed E-state index contributed by atoms with van der Waals surface area (Å²) in [6.45, 7) is 1.85. The van der Waals surface area contributed by atoms with Gasteiger partial charge in [-0.05, 0) is 0 Å². The molecule has 2 aromatic heterocycles. The Bertz CT molecular complexity index is 358. The zero-order valence-corrected chi connectivity index (χ0v) is 5.96. The van der Waals surface area contributed by atoms with Crippen LogP contribution in [-0.2, 0) is 7.05 Å². The van der Waals surface area contributed by atoms with Gasteiger partial charge in [0.2, 0.25) is 0 Å². The van der Waals surface area contributed by atoms with Gasteiger partial charge in [0.15, 0.2) is 17.1 Å². The molecule has 2 heterocycles. The van der Waals surface area contributed by atoms with E-state index >= 15 is 0 Å². The van der Waals surface area contributed by atoms with E-state index in [1.807, 2.05) is 30.8 Å². The lowest BCUT2D eigenvalue weighted by atomic mass is 10.6. The van der Waals surface area contributed by atoms with Crippen molar-refractivity contribution in [3.05, 3.63) is 18.2 Å². The molecule has 0 spiro atoms. The molecule has 0 aliphatic rings. The second kappa shape index (κ2) is 1.62. The second-order valence-electron chi connectivity index (χ2n) is 2.35. The summed E-state index contributed by atoms with van der Waals surface area (Å²) in [6, 6.07) is 1.91. The summed E-state index contributed by atoms with van der Waals surface area (Å²) in [4.78, 5) is 4.17. The molecule has 0 saturated heterocycles. The summed E-state index contributed by atoms with van der Waals surface area (Å²) in [5.41, 5.74) is 1.78. The summed E-state index contributed by atoms with van der Waals surface area (Å²) in [7, 11) is 1.95. The monoisotopic (exact) mass is 136 g/mol. The van der Waals surface area contributed by atoms with E-state index in [0.717, 1.165) is 17.1 Å². The highest BCUT2D eigenvalue weighted by Gasteiger charge is 2.03. The van der Waals surface area contributed by atoms with E-state index in [1.54, 1.807) is 0 Å². The molecule has 52 valence electrons. The summed E-state index contributed by atoms with van der Waals surface area (Å²) in [5.74, 6) is 0.723. The maximum atomic E-state index is 5.26. The van der Waals surface area contributed by atoms with E-state index in [9.17, 15) is 0 Å². The normalized spacial score (nSPS) is 11.0. The largest absolute Gasteiger partial charge is 0.439 e. The third-order valence-corrected chi connectivity index (χ3v) is 1.53. The van der Waals surface area contributed by atoms with Crippen molar-refractivity contribution in [2.75, 3.05) is 0 Å². The van der Waals surface area contributed by atoms with E-state index in [-0.39, 0.29) is 0 Å². The van der Waals surface area contributed by atoms with Crippen LogP contribution in [-0.4, -0.2) is 9.55 Å². The average molecular weight is 136 g/mol. The Balaban J connectivity index is 2.90. The van der Waals surface area contributed by atoms with Gasteiger partial charge in [0, 0.05) is 26.2 Å². The SMILES string of the molecule is Cc1nc2c(ccn2C)o1. The van der Waals surface area contributed by atoms with E-state index in [0.29, 0.717) is 0 Å². The molecule has 0 saturated carbocycles. The van der Waals surface area contributed by atoms with Gasteiger partial charge in [0.05, 0.1) is 0 Å². The second-order valence-corrected chi connectivity index (χ2v) is 2.35. The highest BCUT2D eigenvalue weighted by atomic mass is 16.3. The van der Waals surface area contributed by atoms with Crippen molar-refractivity contribution in [1.82, 2.24) is 9.55 Å². The molecule has 0 amide bonds. The van der Waals surface area contributed by atoms with Gasteiger partial charge < -0.3 is 8.98 Å². The van der Waals surface area contributed by atoms with E-state index in [4.69, 9.17) is 4.42 Å². The quantitative estimate of drug-likeness (QED) is 0.549. The van der Waals surface area contributed by atoms with Crippen molar-refractivity contribution >= 4 is 11.2 Å². The van der Waals surface area contributed by atoms with E-state index in [2.05, 4.69) is 4.98 Å². The van der Waals surface area contributed by atoms with Crippen molar-refractivity contribution in [3.63, 3.8) is 0 Å². The van der Waals surface area contributed by atoms with E-state index < -0.39 is 0 Å². The molecule has 0 aliphatic heterocycles. The molecule has 2 aromatic rings. The zero-order valence-electron chi connectivity index (χ0n) is 5.96. The molecule has 0 radical (unpaired) electrons. The van der Waals surface area contributed by atoms with Crippen LogP contribution in [0.2, 0.25) is 0 Å². The number of rotatable bonds is 0. The van der Waals surface area contributed by atoms with E-state index in [1.165, 1.54) is 0 Å². The Hall–Kier alpha value is -1.25. The Kier molecular flexibility index (Phi) is 0.897. The summed E-state index contributed by atoms with van der Waals surface area (Å²) < 4.78 is 7.19. The van der Waals surface area contributed by atoms with Gasteiger partial charge in [0.1, 0.15) is 0 Å². The van der Waals surface area contributed by atoms with Crippen LogP contribution in [0.1, 0.15) is 5.89 Å². The third-order valence-electron chi connectivity index (χ3n) is 1.53. The Morgan fingerprint density at radius 1 is 1.60 bits per heavy atom. The van der Waals surface area contributed by atoms with Crippen LogP contribution in [0.15, 0.2) is 16.7 Å². The summed E-state index contributed by atoms with van der Waals surface area (Å²) in [6.07, 6.45) is 1.93. The number of oxazole rings is 1. The first kappa shape index (κ1) is 5.53. The Morgan fingerprint density at radius 3 is 3.10 bits per heavy atom. The molecule has 3 nitrogen and oxygen atoms in total. The first-order chi connectivity index (χ1) is 4.77. The van der Waals surface area contributed by atoms with Crippen LogP contribution in [0.25, 0.3) is 11.2 Å². The van der Waals surface area contributed by atoms with Crippen molar-refractivity contribution in [2.24, 2.45) is 7.05 Å². The van der Waals surface area contributed by atoms with Crippen molar-refractivity contribution in [1.29, 1.82) is 0 Å². The number of hydrogen-bond donors (Lipinski definition) is 0. The molecule has 0 aromatic carbocycles. The maximum absolute atomic E-state index is 5.26. The van der Waals surface area contributed by atoms with Gasteiger partial charge in [-0.3, -0.25) is 0 Å². The van der Waals surface area contributed by atoms with Crippen molar-refractivity contribution < 1.29 is 4.42 Å². The first-order valence-electron chi connectivity index (χ1n) is 3.16. The highest BCUT2D eigenvalue weighted by Crippen LogP contribution is 2.14. The lowest BCUT2D eigenvalue weighted by molar-refractivity contribution is 0.561. The zero-order chi connectivity index (χ0) is 7.14. The van der Waals surface area contributed by atoms with Gasteiger partial charge in [-0.2, -0.15) is 4.98 Å². The van der Waals surface area contributed by atoms with Crippen molar-refractivity contribution in [2.45, 2.75) is 6.92 Å². The predicted octanol–water partition coefficient (Wildman–Crippen LogP) is 1.47. The Labute approximate surface area is 58.3 Å². The van der Waals surface area contributed by atoms with Crippen LogP contribution in [0.5, 0.6) is 0 Å². The van der Waals surface area contributed by atoms with Crippen LogP contribution in [0.3, 0.4) is 0 Å². The minimum atomic E-state index is 0.723. The van der Waals surface area contributed by atoms with Crippen LogP contribution in [0, 0.1) is 6.92 Å². The maximum Gasteiger partial charge on any atom is 0.193 e. The van der Waals surface area contributed by atoms with Gasteiger partial charge in [0.25, 0.3) is 0 Å². The molecular weight excluding hydrogens is 128 g/mol. The molecule has 3 heteroatoms. The fourth-order valence-electron chi connectivity index (χ4n) is 1.04. The van der Waals surface area contributed by atoms with Gasteiger partial charge in [-0.1, -0.05) is 0 Å². The first-order valence-corrected chi connectivity index (χ1v) is 3.16. The van der Waals surface area contributed by atoms with Gasteiger partial charge in [-0.15, -0.1) is 0 Å². The average Bonchev–Trinajstić information content (AvgIpc) is 2.35. The highest BCUT2D eigenvalue weighted by molar-refractivity contribution is 5.69. The molecule has 0 N–H and O–H groups in total. The van der Waals surface area contributed by atoms with Crippen molar-refractivity contribution in [3.8, 4) is 0 Å². The minimum Gasteiger partial charge on any atom is -0.439 e. The molecular formula is C7H8N2O. The molecule has 0 fully saturated rings. The molecule has 2 rings (SSSR count).